The maximum atomic E-state index is 9.25. The van der Waals surface area contributed by atoms with Crippen molar-refractivity contribution in [3.05, 3.63) is 23.8 Å². The van der Waals surface area contributed by atoms with Crippen LogP contribution >= 0.6 is 0 Å². The topological polar surface area (TPSA) is 39.1 Å². The smallest absolute Gasteiger partial charge is 0.101 e. The van der Waals surface area contributed by atoms with Crippen molar-refractivity contribution >= 4 is 11.4 Å². The molecule has 90 valence electrons. The number of piperidine rings is 1. The molecular weight excluding hydrogens is 210 g/mol. The lowest BCUT2D eigenvalue weighted by atomic mass is 10.0. The number of hydrogen-bond acceptors (Lipinski definition) is 3. The lowest BCUT2D eigenvalue weighted by Crippen LogP contribution is -2.37. The van der Waals surface area contributed by atoms with Crippen LogP contribution in [0.15, 0.2) is 18.2 Å². The molecule has 1 aliphatic rings. The Bertz CT molecular complexity index is 434. The molecule has 1 aromatic rings. The van der Waals surface area contributed by atoms with Crippen LogP contribution in [-0.2, 0) is 0 Å². The summed E-state index contributed by atoms with van der Waals surface area (Å²) >= 11 is 0. The highest BCUT2D eigenvalue weighted by Gasteiger charge is 2.20. The Balaban J connectivity index is 2.34. The zero-order chi connectivity index (χ0) is 12.3. The Hall–Kier alpha value is -1.69. The molecule has 0 aliphatic carbocycles. The first-order valence-electron chi connectivity index (χ1n) is 6.25. The van der Waals surface area contributed by atoms with Crippen LogP contribution in [0.3, 0.4) is 0 Å². The first-order valence-corrected chi connectivity index (χ1v) is 6.25. The molecule has 3 heteroatoms. The minimum absolute atomic E-state index is 0.538. The van der Waals surface area contributed by atoms with E-state index in [9.17, 15) is 5.26 Å². The quantitative estimate of drug-likeness (QED) is 0.847. The van der Waals surface area contributed by atoms with Gasteiger partial charge in [0, 0.05) is 25.3 Å². The molecule has 1 atom stereocenters. The van der Waals surface area contributed by atoms with Crippen LogP contribution in [0.5, 0.6) is 0 Å². The van der Waals surface area contributed by atoms with Gasteiger partial charge < -0.3 is 10.2 Å². The predicted octanol–water partition coefficient (Wildman–Crippen LogP) is 2.98. The molecule has 1 saturated heterocycles. The van der Waals surface area contributed by atoms with Crippen LogP contribution in [0.1, 0.15) is 31.7 Å². The molecular formula is C14H19N3. The third kappa shape index (κ3) is 2.36. The average Bonchev–Trinajstić information content (AvgIpc) is 2.38. The van der Waals surface area contributed by atoms with E-state index in [2.05, 4.69) is 29.3 Å². The van der Waals surface area contributed by atoms with Gasteiger partial charge in [-0.1, -0.05) is 0 Å². The van der Waals surface area contributed by atoms with E-state index in [1.54, 1.807) is 0 Å². The van der Waals surface area contributed by atoms with Crippen LogP contribution in [0, 0.1) is 11.3 Å². The van der Waals surface area contributed by atoms with Gasteiger partial charge in [-0.3, -0.25) is 0 Å². The third-order valence-electron chi connectivity index (χ3n) is 3.52. The fourth-order valence-electron chi connectivity index (χ4n) is 2.49. The van der Waals surface area contributed by atoms with Gasteiger partial charge in [0.15, 0.2) is 0 Å². The van der Waals surface area contributed by atoms with Gasteiger partial charge in [0.05, 0.1) is 11.3 Å². The molecule has 1 heterocycles. The molecule has 1 aromatic carbocycles. The molecule has 0 unspecified atom stereocenters. The van der Waals surface area contributed by atoms with E-state index in [0.29, 0.717) is 6.04 Å². The summed E-state index contributed by atoms with van der Waals surface area (Å²) in [4.78, 5) is 2.36. The first kappa shape index (κ1) is 11.8. The standard InChI is InChI=1S/C14H19N3/c1-11-5-3-4-8-17(11)14-7-6-13(16-2)9-12(14)10-15/h6-7,9,11,16H,3-5,8H2,1-2H3/t11-/m0/s1. The largest absolute Gasteiger partial charge is 0.388 e. The zero-order valence-electron chi connectivity index (χ0n) is 10.5. The fourth-order valence-corrected chi connectivity index (χ4v) is 2.49. The van der Waals surface area contributed by atoms with Crippen molar-refractivity contribution in [2.45, 2.75) is 32.2 Å². The number of rotatable bonds is 2. The molecule has 1 aliphatic heterocycles. The monoisotopic (exact) mass is 229 g/mol. The van der Waals surface area contributed by atoms with Crippen molar-refractivity contribution < 1.29 is 0 Å². The van der Waals surface area contributed by atoms with E-state index in [4.69, 9.17) is 0 Å². The van der Waals surface area contributed by atoms with Gasteiger partial charge in [-0.05, 0) is 44.4 Å². The zero-order valence-corrected chi connectivity index (χ0v) is 10.5. The molecule has 0 bridgehead atoms. The SMILES string of the molecule is CNc1ccc(N2CCCC[C@@H]2C)c(C#N)c1. The summed E-state index contributed by atoms with van der Waals surface area (Å²) in [7, 11) is 1.87. The molecule has 0 amide bonds. The van der Waals surface area contributed by atoms with Crippen molar-refractivity contribution in [1.82, 2.24) is 0 Å². The van der Waals surface area contributed by atoms with Crippen LogP contribution < -0.4 is 10.2 Å². The fraction of sp³-hybridized carbons (Fsp3) is 0.500. The van der Waals surface area contributed by atoms with E-state index in [-0.39, 0.29) is 0 Å². The Kier molecular flexibility index (Phi) is 3.53. The summed E-state index contributed by atoms with van der Waals surface area (Å²) in [5.74, 6) is 0. The maximum Gasteiger partial charge on any atom is 0.101 e. The third-order valence-corrected chi connectivity index (χ3v) is 3.52. The number of hydrogen-bond donors (Lipinski definition) is 1. The Morgan fingerprint density at radius 2 is 2.24 bits per heavy atom. The Morgan fingerprint density at radius 1 is 1.41 bits per heavy atom. The molecule has 0 spiro atoms. The van der Waals surface area contributed by atoms with E-state index >= 15 is 0 Å². The Labute approximate surface area is 103 Å². The maximum absolute atomic E-state index is 9.25. The van der Waals surface area contributed by atoms with E-state index in [1.165, 1.54) is 19.3 Å². The van der Waals surface area contributed by atoms with Gasteiger partial charge in [0.1, 0.15) is 6.07 Å². The number of nitrogens with zero attached hydrogens (tertiary/aromatic N) is 2. The van der Waals surface area contributed by atoms with Crippen molar-refractivity contribution in [1.29, 1.82) is 5.26 Å². The summed E-state index contributed by atoms with van der Waals surface area (Å²) in [6, 6.07) is 8.87. The molecule has 1 fully saturated rings. The molecule has 3 nitrogen and oxygen atoms in total. The number of nitrogens with one attached hydrogen (secondary N) is 1. The number of anilines is 2. The van der Waals surface area contributed by atoms with Crippen molar-refractivity contribution in [3.8, 4) is 6.07 Å². The summed E-state index contributed by atoms with van der Waals surface area (Å²) in [5, 5.41) is 12.3. The number of benzene rings is 1. The van der Waals surface area contributed by atoms with Gasteiger partial charge in [-0.25, -0.2) is 0 Å². The van der Waals surface area contributed by atoms with Gasteiger partial charge in [0.25, 0.3) is 0 Å². The summed E-state index contributed by atoms with van der Waals surface area (Å²) < 4.78 is 0. The van der Waals surface area contributed by atoms with Crippen molar-refractivity contribution in [2.75, 3.05) is 23.8 Å². The van der Waals surface area contributed by atoms with Crippen LogP contribution in [0.25, 0.3) is 0 Å². The number of nitriles is 1. The minimum atomic E-state index is 0.538. The predicted molar refractivity (Wildman–Crippen MR) is 71.4 cm³/mol. The minimum Gasteiger partial charge on any atom is -0.388 e. The Morgan fingerprint density at radius 3 is 2.88 bits per heavy atom. The molecule has 2 rings (SSSR count). The molecule has 0 radical (unpaired) electrons. The van der Waals surface area contributed by atoms with Crippen LogP contribution in [0.4, 0.5) is 11.4 Å². The van der Waals surface area contributed by atoms with Gasteiger partial charge in [-0.2, -0.15) is 5.26 Å². The first-order chi connectivity index (χ1) is 8.26. The van der Waals surface area contributed by atoms with Gasteiger partial charge in [-0.15, -0.1) is 0 Å². The molecule has 17 heavy (non-hydrogen) atoms. The van der Waals surface area contributed by atoms with Crippen LogP contribution in [-0.4, -0.2) is 19.6 Å². The second-order valence-electron chi connectivity index (χ2n) is 4.63. The second-order valence-corrected chi connectivity index (χ2v) is 4.63. The van der Waals surface area contributed by atoms with Gasteiger partial charge >= 0.3 is 0 Å². The lowest BCUT2D eigenvalue weighted by molar-refractivity contribution is 0.484. The highest BCUT2D eigenvalue weighted by molar-refractivity contribution is 5.65. The highest BCUT2D eigenvalue weighted by Crippen LogP contribution is 2.29. The summed E-state index contributed by atoms with van der Waals surface area (Å²) in [6.45, 7) is 3.31. The molecule has 0 aromatic heterocycles. The van der Waals surface area contributed by atoms with Crippen molar-refractivity contribution in [2.24, 2.45) is 0 Å². The summed E-state index contributed by atoms with van der Waals surface area (Å²) in [5.41, 5.74) is 2.85. The normalized spacial score (nSPS) is 19.8. The van der Waals surface area contributed by atoms with E-state index < -0.39 is 0 Å². The molecule has 0 saturated carbocycles. The highest BCUT2D eigenvalue weighted by atomic mass is 15.2. The summed E-state index contributed by atoms with van der Waals surface area (Å²) in [6.07, 6.45) is 3.75. The van der Waals surface area contributed by atoms with E-state index in [1.807, 2.05) is 19.2 Å². The van der Waals surface area contributed by atoms with Crippen LogP contribution in [0.2, 0.25) is 0 Å². The van der Waals surface area contributed by atoms with Crippen molar-refractivity contribution in [3.63, 3.8) is 0 Å². The van der Waals surface area contributed by atoms with E-state index in [0.717, 1.165) is 23.5 Å². The lowest BCUT2D eigenvalue weighted by Gasteiger charge is -2.36. The average molecular weight is 229 g/mol. The van der Waals surface area contributed by atoms with Gasteiger partial charge in [0.2, 0.25) is 0 Å². The molecule has 1 N–H and O–H groups in total. The second kappa shape index (κ2) is 5.09.